The van der Waals surface area contributed by atoms with Crippen LogP contribution in [-0.2, 0) is 28.9 Å². The number of urea groups is 1. The molecule has 0 saturated carbocycles. The van der Waals surface area contributed by atoms with Crippen LogP contribution in [0, 0.1) is 5.82 Å². The van der Waals surface area contributed by atoms with Crippen molar-refractivity contribution < 1.29 is 49.8 Å². The average molecular weight is 745 g/mol. The zero-order chi connectivity index (χ0) is 37.0. The first-order chi connectivity index (χ1) is 24.7. The number of ether oxygens (including phenoxy) is 2. The summed E-state index contributed by atoms with van der Waals surface area (Å²) in [7, 11) is 0. The lowest BCUT2D eigenvalue weighted by Gasteiger charge is -2.21. The highest BCUT2D eigenvalue weighted by Gasteiger charge is 2.36. The van der Waals surface area contributed by atoms with Crippen LogP contribution in [0.1, 0.15) is 16.7 Å². The molecule has 0 unspecified atom stereocenters. The Morgan fingerprint density at radius 3 is 2.37 bits per heavy atom. The van der Waals surface area contributed by atoms with E-state index >= 15 is 4.39 Å². The zero-order valence-corrected chi connectivity index (χ0v) is 27.1. The van der Waals surface area contributed by atoms with E-state index in [0.29, 0.717) is 5.69 Å². The number of carbonyl (C=O) groups is 2. The van der Waals surface area contributed by atoms with Crippen molar-refractivity contribution in [1.82, 2.24) is 14.8 Å². The van der Waals surface area contributed by atoms with Gasteiger partial charge in [0.1, 0.15) is 17.9 Å². The van der Waals surface area contributed by atoms with Gasteiger partial charge in [-0.15, -0.1) is 18.3 Å². The molecule has 0 radical (unpaired) electrons. The molecule has 10 nitrogen and oxygen atoms in total. The Bertz CT molecular complexity index is 2120. The molecule has 52 heavy (non-hydrogen) atoms. The van der Waals surface area contributed by atoms with Crippen molar-refractivity contribution in [3.63, 3.8) is 0 Å². The van der Waals surface area contributed by atoms with Crippen molar-refractivity contribution in [1.29, 1.82) is 0 Å². The Kier molecular flexibility index (Phi) is 10.3. The summed E-state index contributed by atoms with van der Waals surface area (Å²) < 4.78 is 104. The molecular weight excluding hydrogens is 721 g/mol. The van der Waals surface area contributed by atoms with Gasteiger partial charge >= 0.3 is 18.6 Å². The molecule has 1 aliphatic heterocycles. The summed E-state index contributed by atoms with van der Waals surface area (Å²) in [5, 5.41) is 6.25. The number of benzene rings is 4. The van der Waals surface area contributed by atoms with E-state index in [1.54, 1.807) is 12.1 Å². The fourth-order valence-electron chi connectivity index (χ4n) is 4.91. The number of anilines is 2. The average Bonchev–Trinajstić information content (AvgIpc) is 3.72. The number of thioether (sulfide) groups is 1. The molecule has 6 rings (SSSR count). The van der Waals surface area contributed by atoms with Crippen molar-refractivity contribution in [3.05, 3.63) is 120 Å². The number of amidine groups is 1. The van der Waals surface area contributed by atoms with Crippen LogP contribution >= 0.6 is 11.8 Å². The second kappa shape index (κ2) is 14.8. The molecule has 1 aliphatic rings. The Labute approximate surface area is 293 Å². The summed E-state index contributed by atoms with van der Waals surface area (Å²) in [5.74, 6) is -2.15. The topological polar surface area (TPSA) is 111 Å². The van der Waals surface area contributed by atoms with E-state index < -0.39 is 41.6 Å². The fourth-order valence-corrected chi connectivity index (χ4v) is 5.77. The summed E-state index contributed by atoms with van der Waals surface area (Å²) in [6.07, 6.45) is -8.33. The molecule has 268 valence electrons. The second-order valence-electron chi connectivity index (χ2n) is 10.9. The van der Waals surface area contributed by atoms with Crippen LogP contribution in [0.4, 0.5) is 46.9 Å². The molecule has 1 aromatic heterocycles. The van der Waals surface area contributed by atoms with Gasteiger partial charge in [-0.1, -0.05) is 48.2 Å². The predicted molar refractivity (Wildman–Crippen MR) is 176 cm³/mol. The Hall–Kier alpha value is -5.75. The highest BCUT2D eigenvalue weighted by atomic mass is 32.2. The number of hydrogen-bond donors (Lipinski definition) is 1. The minimum atomic E-state index is -4.85. The Morgan fingerprint density at radius 2 is 1.67 bits per heavy atom. The molecule has 1 saturated heterocycles. The maximum atomic E-state index is 15.2. The number of amides is 3. The van der Waals surface area contributed by atoms with Gasteiger partial charge in [-0.05, 0) is 60.2 Å². The third-order valence-electron chi connectivity index (χ3n) is 7.28. The highest BCUT2D eigenvalue weighted by Crippen LogP contribution is 2.37. The van der Waals surface area contributed by atoms with Crippen LogP contribution < -0.4 is 15.0 Å². The number of nitrogens with zero attached hydrogens (tertiary/aromatic N) is 5. The lowest BCUT2D eigenvalue weighted by atomic mass is 10.1. The molecule has 0 aliphatic carbocycles. The molecule has 0 bridgehead atoms. The van der Waals surface area contributed by atoms with Gasteiger partial charge in [-0.2, -0.15) is 18.2 Å². The number of alkyl halides is 6. The maximum Gasteiger partial charge on any atom is 0.573 e. The van der Waals surface area contributed by atoms with Crippen molar-refractivity contribution in [2.24, 2.45) is 4.99 Å². The van der Waals surface area contributed by atoms with E-state index in [-0.39, 0.29) is 52.5 Å². The van der Waals surface area contributed by atoms with Crippen LogP contribution in [0.2, 0.25) is 0 Å². The second-order valence-corrected chi connectivity index (χ2v) is 11.9. The first kappa shape index (κ1) is 36.1. The molecule has 4 aromatic carbocycles. The first-order valence-corrected chi connectivity index (χ1v) is 16.0. The minimum absolute atomic E-state index is 0.0498. The van der Waals surface area contributed by atoms with Crippen molar-refractivity contribution in [2.45, 2.75) is 25.8 Å². The SMILES string of the molecule is O=C(/N=C1\SCC(=O)N1c1cc(C(F)(F)F)ccc1COCc1ccccc1)Nc1ccc(-c2ncn(-c3ccc(OC(F)(F)F)cc3)n2)cc1F. The first-order valence-electron chi connectivity index (χ1n) is 15.0. The van der Waals surface area contributed by atoms with Crippen molar-refractivity contribution >= 4 is 40.2 Å². The van der Waals surface area contributed by atoms with E-state index in [2.05, 4.69) is 25.1 Å². The molecule has 2 heterocycles. The minimum Gasteiger partial charge on any atom is -0.406 e. The largest absolute Gasteiger partial charge is 0.573 e. The lowest BCUT2D eigenvalue weighted by molar-refractivity contribution is -0.274. The summed E-state index contributed by atoms with van der Waals surface area (Å²) in [6.45, 7) is -0.0161. The van der Waals surface area contributed by atoms with Gasteiger partial charge in [-0.25, -0.2) is 18.9 Å². The third kappa shape index (κ3) is 8.75. The number of carbonyl (C=O) groups excluding carboxylic acids is 2. The van der Waals surface area contributed by atoms with Gasteiger partial charge in [-0.3, -0.25) is 9.69 Å². The van der Waals surface area contributed by atoms with Crippen LogP contribution in [-0.4, -0.2) is 44.0 Å². The van der Waals surface area contributed by atoms with Crippen LogP contribution in [0.3, 0.4) is 0 Å². The summed E-state index contributed by atoms with van der Waals surface area (Å²) >= 11 is 0.816. The number of hydrogen-bond acceptors (Lipinski definition) is 7. The standard InChI is InChI=1S/C34H23F7N6O4S/c35-26-14-21(30-42-19-46(45-30)24-9-11-25(12-10-24)51-34(39,40)41)7-13-27(26)43-31(49)44-32-47(29(48)18-52-32)28-15-23(33(36,37)38)8-6-22(28)17-50-16-20-4-2-1-3-5-20/h1-15,19H,16-18H2,(H,43,49)/b44-32-. The monoisotopic (exact) mass is 744 g/mol. The zero-order valence-electron chi connectivity index (χ0n) is 26.3. The Morgan fingerprint density at radius 1 is 0.923 bits per heavy atom. The molecule has 3 amide bonds. The molecule has 1 N–H and O–H groups in total. The number of rotatable bonds is 9. The van der Waals surface area contributed by atoms with Gasteiger partial charge in [0.15, 0.2) is 11.0 Å². The number of aromatic nitrogens is 3. The summed E-state index contributed by atoms with van der Waals surface area (Å²) in [6, 6.07) is 19.2. The molecule has 18 heteroatoms. The van der Waals surface area contributed by atoms with Crippen molar-refractivity contribution in [2.75, 3.05) is 16.0 Å². The van der Waals surface area contributed by atoms with Gasteiger partial charge in [0.25, 0.3) is 0 Å². The van der Waals surface area contributed by atoms with Gasteiger partial charge in [0.05, 0.1) is 41.6 Å². The maximum absolute atomic E-state index is 15.2. The molecule has 1 fully saturated rings. The smallest absolute Gasteiger partial charge is 0.406 e. The van der Waals surface area contributed by atoms with Gasteiger partial charge in [0, 0.05) is 11.1 Å². The molecule has 5 aromatic rings. The highest BCUT2D eigenvalue weighted by molar-refractivity contribution is 8.15. The Balaban J connectivity index is 1.17. The van der Waals surface area contributed by atoms with E-state index in [1.807, 2.05) is 18.2 Å². The van der Waals surface area contributed by atoms with E-state index in [4.69, 9.17) is 4.74 Å². The predicted octanol–water partition coefficient (Wildman–Crippen LogP) is 8.38. The van der Waals surface area contributed by atoms with Crippen LogP contribution in [0.15, 0.2) is 102 Å². The summed E-state index contributed by atoms with van der Waals surface area (Å²) in [4.78, 5) is 34.8. The normalized spacial score (nSPS) is 14.2. The quantitative estimate of drug-likeness (QED) is 0.151. The van der Waals surface area contributed by atoms with E-state index in [0.717, 1.165) is 52.6 Å². The van der Waals surface area contributed by atoms with E-state index in [1.165, 1.54) is 41.3 Å². The van der Waals surface area contributed by atoms with Gasteiger partial charge < -0.3 is 14.8 Å². The molecule has 0 atom stereocenters. The van der Waals surface area contributed by atoms with E-state index in [9.17, 15) is 35.9 Å². The van der Waals surface area contributed by atoms with Crippen LogP contribution in [0.5, 0.6) is 5.75 Å². The number of nitrogens with one attached hydrogen (secondary N) is 1. The third-order valence-corrected chi connectivity index (χ3v) is 8.20. The van der Waals surface area contributed by atoms with Crippen molar-refractivity contribution in [3.8, 4) is 22.8 Å². The fraction of sp³-hybridized carbons (Fsp3) is 0.147. The number of halogens is 7. The number of aliphatic imine (C=N–C) groups is 1. The van der Waals surface area contributed by atoms with Crippen LogP contribution in [0.25, 0.3) is 17.1 Å². The summed E-state index contributed by atoms with van der Waals surface area (Å²) in [5.41, 5.74) is 0.0697. The molecular formula is C34H23F7N6O4S. The molecule has 0 spiro atoms. The lowest BCUT2D eigenvalue weighted by Crippen LogP contribution is -2.31. The van der Waals surface area contributed by atoms with Gasteiger partial charge in [0.2, 0.25) is 5.91 Å².